The summed E-state index contributed by atoms with van der Waals surface area (Å²) in [6.07, 6.45) is 0. The number of nitrogens with two attached hydrogens (primary N) is 1. The third-order valence-corrected chi connectivity index (χ3v) is 4.42. The van der Waals surface area contributed by atoms with E-state index < -0.39 is 41.5 Å². The molecule has 116 valence electrons. The molecule has 0 amide bonds. The summed E-state index contributed by atoms with van der Waals surface area (Å²) in [5, 5.41) is 9.15. The Kier molecular flexibility index (Phi) is 6.40. The van der Waals surface area contributed by atoms with Gasteiger partial charge in [0.2, 0.25) is 0 Å². The summed E-state index contributed by atoms with van der Waals surface area (Å²) in [6.45, 7) is 0. The van der Waals surface area contributed by atoms with Gasteiger partial charge in [0, 0.05) is 10.8 Å². The molecule has 6 N–H and O–H groups in total. The molecular formula is C10H10NNaO8S2. The Bertz CT molecular complexity index is 924. The van der Waals surface area contributed by atoms with E-state index in [-0.39, 0.29) is 45.8 Å². The first-order valence-corrected chi connectivity index (χ1v) is 7.86. The summed E-state index contributed by atoms with van der Waals surface area (Å²) >= 11 is 0. The number of nitrogen functional groups attached to an aromatic ring is 1. The van der Waals surface area contributed by atoms with Crippen LogP contribution in [-0.4, -0.2) is 36.5 Å². The van der Waals surface area contributed by atoms with Crippen molar-refractivity contribution in [3.8, 4) is 5.75 Å². The number of hydrogen-bond donors (Lipinski definition) is 3. The van der Waals surface area contributed by atoms with Crippen LogP contribution >= 0.6 is 0 Å². The normalized spacial score (nSPS) is 11.5. The minimum Gasteiger partial charge on any atom is -0.744 e. The van der Waals surface area contributed by atoms with Crippen molar-refractivity contribution >= 4 is 36.7 Å². The summed E-state index contributed by atoms with van der Waals surface area (Å²) < 4.78 is 65.0. The van der Waals surface area contributed by atoms with Gasteiger partial charge >= 0.3 is 29.6 Å². The number of fused-ring (bicyclic) bond motifs is 1. The van der Waals surface area contributed by atoms with Gasteiger partial charge in [-0.2, -0.15) is 8.42 Å². The van der Waals surface area contributed by atoms with E-state index >= 15 is 0 Å². The zero-order valence-electron chi connectivity index (χ0n) is 11.1. The average Bonchev–Trinajstić information content (AvgIpc) is 2.25. The fraction of sp³-hybridized carbons (Fsp3) is 0. The second kappa shape index (κ2) is 6.68. The molecule has 0 fully saturated rings. The summed E-state index contributed by atoms with van der Waals surface area (Å²) in [7, 11) is -9.90. The fourth-order valence-electron chi connectivity index (χ4n) is 1.85. The second-order valence-corrected chi connectivity index (χ2v) is 6.65. The van der Waals surface area contributed by atoms with E-state index in [9.17, 15) is 26.5 Å². The first-order valence-electron chi connectivity index (χ1n) is 5.01. The molecule has 0 aliphatic carbocycles. The van der Waals surface area contributed by atoms with Gasteiger partial charge in [0.15, 0.2) is 0 Å². The van der Waals surface area contributed by atoms with Gasteiger partial charge in [-0.1, -0.05) is 12.1 Å². The molecule has 2 aromatic carbocycles. The van der Waals surface area contributed by atoms with Crippen molar-refractivity contribution in [3.63, 3.8) is 0 Å². The summed E-state index contributed by atoms with van der Waals surface area (Å²) in [5.74, 6) is -0.518. The van der Waals surface area contributed by atoms with Crippen LogP contribution in [0.3, 0.4) is 0 Å². The zero-order valence-corrected chi connectivity index (χ0v) is 14.8. The van der Waals surface area contributed by atoms with Gasteiger partial charge < -0.3 is 20.9 Å². The Morgan fingerprint density at radius 3 is 2.09 bits per heavy atom. The molecule has 0 aliphatic rings. The Labute approximate surface area is 147 Å². The van der Waals surface area contributed by atoms with E-state index in [1.54, 1.807) is 0 Å². The number of hydrogen-bond acceptors (Lipinski definition) is 7. The Balaban J connectivity index is 0.00000220. The molecule has 0 saturated heterocycles. The molecule has 0 spiro atoms. The SMILES string of the molecule is Nc1c(S(=O)(=O)[O-])cc(S(=O)(=O)O)c2cccc(O)c12.O.[Na+]. The predicted molar refractivity (Wildman–Crippen MR) is 71.4 cm³/mol. The molecule has 12 heteroatoms. The molecule has 2 rings (SSSR count). The van der Waals surface area contributed by atoms with Crippen LogP contribution in [0, 0.1) is 0 Å². The Morgan fingerprint density at radius 1 is 1.09 bits per heavy atom. The number of aromatic hydroxyl groups is 1. The molecule has 2 aromatic rings. The molecule has 0 radical (unpaired) electrons. The van der Waals surface area contributed by atoms with E-state index in [0.717, 1.165) is 6.07 Å². The van der Waals surface area contributed by atoms with Gasteiger partial charge in [0.1, 0.15) is 20.8 Å². The summed E-state index contributed by atoms with van der Waals surface area (Å²) in [4.78, 5) is -1.86. The third-order valence-electron chi connectivity index (χ3n) is 2.65. The predicted octanol–water partition coefficient (Wildman–Crippen LogP) is -3.54. The fourth-order valence-corrected chi connectivity index (χ4v) is 3.27. The molecule has 0 heterocycles. The monoisotopic (exact) mass is 359 g/mol. The van der Waals surface area contributed by atoms with Crippen LogP contribution in [0.15, 0.2) is 34.1 Å². The first-order chi connectivity index (χ1) is 9.03. The van der Waals surface area contributed by atoms with Gasteiger partial charge in [-0.05, 0) is 12.1 Å². The van der Waals surface area contributed by atoms with E-state index in [1.807, 2.05) is 0 Å². The average molecular weight is 359 g/mol. The third kappa shape index (κ3) is 3.70. The maximum atomic E-state index is 11.3. The number of phenolic OH excluding ortho intramolecular Hbond substituents is 1. The van der Waals surface area contributed by atoms with Crippen LogP contribution in [0.25, 0.3) is 10.8 Å². The molecular weight excluding hydrogens is 349 g/mol. The van der Waals surface area contributed by atoms with Crippen molar-refractivity contribution < 1.29 is 66.1 Å². The van der Waals surface area contributed by atoms with Crippen LogP contribution in [0.5, 0.6) is 5.75 Å². The molecule has 0 saturated carbocycles. The number of rotatable bonds is 2. The Hall–Kier alpha value is -0.920. The smallest absolute Gasteiger partial charge is 0.744 e. The zero-order chi connectivity index (χ0) is 15.3. The number of phenols is 1. The van der Waals surface area contributed by atoms with Crippen molar-refractivity contribution in [2.24, 2.45) is 0 Å². The van der Waals surface area contributed by atoms with Crippen LogP contribution < -0.4 is 35.3 Å². The maximum absolute atomic E-state index is 11.3. The van der Waals surface area contributed by atoms with Crippen LogP contribution in [-0.2, 0) is 20.2 Å². The van der Waals surface area contributed by atoms with Crippen molar-refractivity contribution in [2.75, 3.05) is 5.73 Å². The first kappa shape index (κ1) is 21.1. The van der Waals surface area contributed by atoms with E-state index in [1.165, 1.54) is 12.1 Å². The molecule has 0 aliphatic heterocycles. The minimum atomic E-state index is -5.09. The van der Waals surface area contributed by atoms with Crippen LogP contribution in [0.1, 0.15) is 0 Å². The van der Waals surface area contributed by atoms with E-state index in [2.05, 4.69) is 0 Å². The van der Waals surface area contributed by atoms with Gasteiger partial charge in [-0.15, -0.1) is 0 Å². The van der Waals surface area contributed by atoms with Crippen LogP contribution in [0.4, 0.5) is 5.69 Å². The number of benzene rings is 2. The van der Waals surface area contributed by atoms with E-state index in [4.69, 9.17) is 10.3 Å². The van der Waals surface area contributed by atoms with Crippen molar-refractivity contribution in [1.29, 1.82) is 0 Å². The van der Waals surface area contributed by atoms with Gasteiger partial charge in [0.25, 0.3) is 10.1 Å². The van der Waals surface area contributed by atoms with Crippen molar-refractivity contribution in [3.05, 3.63) is 24.3 Å². The topological polar surface area (TPSA) is 189 Å². The standard InChI is InChI=1S/C10H9NO7S2.Na.H2O/c11-10-8(20(16,17)18)4-7(19(13,14)15)5-2-1-3-6(12)9(5)10;;/h1-4,12H,11H2,(H,13,14,15)(H,16,17,18);;1H2/q;+1;/p-1. The minimum absolute atomic E-state index is 0. The van der Waals surface area contributed by atoms with Crippen molar-refractivity contribution in [1.82, 2.24) is 0 Å². The molecule has 9 nitrogen and oxygen atoms in total. The van der Waals surface area contributed by atoms with Gasteiger partial charge in [0.05, 0.1) is 10.6 Å². The largest absolute Gasteiger partial charge is 1.00 e. The van der Waals surface area contributed by atoms with Crippen LogP contribution in [0.2, 0.25) is 0 Å². The van der Waals surface area contributed by atoms with E-state index in [0.29, 0.717) is 6.07 Å². The quantitative estimate of drug-likeness (QED) is 0.279. The molecule has 0 bridgehead atoms. The number of anilines is 1. The summed E-state index contributed by atoms with van der Waals surface area (Å²) in [6, 6.07) is 4.08. The van der Waals surface area contributed by atoms with Gasteiger partial charge in [-0.3, -0.25) is 4.55 Å². The second-order valence-electron chi connectivity index (χ2n) is 3.92. The summed E-state index contributed by atoms with van der Waals surface area (Å²) in [5.41, 5.74) is 4.92. The molecule has 0 unspecified atom stereocenters. The molecule has 22 heavy (non-hydrogen) atoms. The Morgan fingerprint density at radius 2 is 1.64 bits per heavy atom. The van der Waals surface area contributed by atoms with Crippen molar-refractivity contribution in [2.45, 2.75) is 9.79 Å². The maximum Gasteiger partial charge on any atom is 1.00 e. The molecule has 0 atom stereocenters. The molecule has 0 aromatic heterocycles. The van der Waals surface area contributed by atoms with Gasteiger partial charge in [-0.25, -0.2) is 8.42 Å².